The van der Waals surface area contributed by atoms with E-state index in [1.807, 2.05) is 13.8 Å². The molecular weight excluding hydrogens is 198 g/mol. The maximum atomic E-state index is 11.5. The molecule has 1 fully saturated rings. The van der Waals surface area contributed by atoms with Gasteiger partial charge in [0.05, 0.1) is 0 Å². The van der Waals surface area contributed by atoms with Gasteiger partial charge < -0.3 is 4.90 Å². The van der Waals surface area contributed by atoms with Crippen LogP contribution in [0, 0.1) is 17.8 Å². The molecule has 0 aromatic heterocycles. The number of likely N-dealkylation sites (tertiary alicyclic amines) is 1. The Morgan fingerprint density at radius 3 is 2.19 bits per heavy atom. The predicted octanol–water partition coefficient (Wildman–Crippen LogP) is 2.97. The third-order valence-electron chi connectivity index (χ3n) is 3.89. The lowest BCUT2D eigenvalue weighted by Crippen LogP contribution is -2.36. The van der Waals surface area contributed by atoms with Crippen LogP contribution in [0.3, 0.4) is 0 Å². The SMILES string of the molecule is CC(C)C(=O)CCN1CCC(C(C)C)CC1. The molecule has 16 heavy (non-hydrogen) atoms. The maximum absolute atomic E-state index is 11.5. The largest absolute Gasteiger partial charge is 0.303 e. The minimum atomic E-state index is 0.202. The molecule has 1 aliphatic rings. The van der Waals surface area contributed by atoms with Crippen molar-refractivity contribution in [2.75, 3.05) is 19.6 Å². The van der Waals surface area contributed by atoms with E-state index in [2.05, 4.69) is 18.7 Å². The molecule has 0 N–H and O–H groups in total. The Kier molecular flexibility index (Phi) is 5.47. The Labute approximate surface area is 100 Å². The van der Waals surface area contributed by atoms with Crippen LogP contribution >= 0.6 is 0 Å². The smallest absolute Gasteiger partial charge is 0.136 e. The number of Topliss-reactive ketones (excluding diaryl/α,β-unsaturated/α-hetero) is 1. The zero-order valence-corrected chi connectivity index (χ0v) is 11.3. The van der Waals surface area contributed by atoms with Crippen molar-refractivity contribution in [2.24, 2.45) is 17.8 Å². The van der Waals surface area contributed by atoms with E-state index in [-0.39, 0.29) is 5.92 Å². The molecule has 94 valence electrons. The summed E-state index contributed by atoms with van der Waals surface area (Å²) in [6.07, 6.45) is 3.37. The highest BCUT2D eigenvalue weighted by molar-refractivity contribution is 5.80. The number of carbonyl (C=O) groups excluding carboxylic acids is 1. The first-order chi connectivity index (χ1) is 7.50. The molecule has 0 aliphatic carbocycles. The first-order valence-corrected chi connectivity index (χ1v) is 6.75. The topological polar surface area (TPSA) is 20.3 Å². The van der Waals surface area contributed by atoms with Gasteiger partial charge in [-0.15, -0.1) is 0 Å². The van der Waals surface area contributed by atoms with E-state index in [1.54, 1.807) is 0 Å². The van der Waals surface area contributed by atoms with E-state index < -0.39 is 0 Å². The second-order valence-corrected chi connectivity index (χ2v) is 5.79. The number of hydrogen-bond acceptors (Lipinski definition) is 2. The van der Waals surface area contributed by atoms with Gasteiger partial charge in [-0.05, 0) is 37.8 Å². The molecule has 2 heteroatoms. The van der Waals surface area contributed by atoms with Gasteiger partial charge in [-0.3, -0.25) is 4.79 Å². The van der Waals surface area contributed by atoms with Crippen LogP contribution in [0.4, 0.5) is 0 Å². The standard InChI is InChI=1S/C14H27NO/c1-11(2)13-5-8-15(9-6-13)10-7-14(16)12(3)4/h11-13H,5-10H2,1-4H3. The summed E-state index contributed by atoms with van der Waals surface area (Å²) in [5, 5.41) is 0. The van der Waals surface area contributed by atoms with Crippen molar-refractivity contribution in [1.82, 2.24) is 4.90 Å². The lowest BCUT2D eigenvalue weighted by atomic mass is 9.86. The highest BCUT2D eigenvalue weighted by Gasteiger charge is 2.21. The fourth-order valence-electron chi connectivity index (χ4n) is 2.40. The summed E-state index contributed by atoms with van der Waals surface area (Å²) in [6.45, 7) is 12.0. The molecule has 0 amide bonds. The average molecular weight is 225 g/mol. The van der Waals surface area contributed by atoms with Crippen molar-refractivity contribution in [1.29, 1.82) is 0 Å². The summed E-state index contributed by atoms with van der Waals surface area (Å²) in [7, 11) is 0. The minimum absolute atomic E-state index is 0.202. The van der Waals surface area contributed by atoms with Gasteiger partial charge in [-0.25, -0.2) is 0 Å². The van der Waals surface area contributed by atoms with Crippen molar-refractivity contribution in [3.05, 3.63) is 0 Å². The van der Waals surface area contributed by atoms with Gasteiger partial charge in [0, 0.05) is 18.9 Å². The highest BCUT2D eigenvalue weighted by Crippen LogP contribution is 2.24. The van der Waals surface area contributed by atoms with Crippen LogP contribution in [-0.2, 0) is 4.79 Å². The summed E-state index contributed by atoms with van der Waals surface area (Å²) in [5.41, 5.74) is 0. The molecule has 0 aromatic rings. The summed E-state index contributed by atoms with van der Waals surface area (Å²) in [4.78, 5) is 14.0. The highest BCUT2D eigenvalue weighted by atomic mass is 16.1. The van der Waals surface area contributed by atoms with E-state index in [1.165, 1.54) is 25.9 Å². The van der Waals surface area contributed by atoms with Gasteiger partial charge in [0.25, 0.3) is 0 Å². The van der Waals surface area contributed by atoms with Crippen LogP contribution in [0.15, 0.2) is 0 Å². The van der Waals surface area contributed by atoms with Crippen LogP contribution < -0.4 is 0 Å². The van der Waals surface area contributed by atoms with Crippen molar-refractivity contribution in [3.63, 3.8) is 0 Å². The summed E-state index contributed by atoms with van der Waals surface area (Å²) < 4.78 is 0. The van der Waals surface area contributed by atoms with Crippen LogP contribution in [0.5, 0.6) is 0 Å². The van der Waals surface area contributed by atoms with Gasteiger partial charge in [0.1, 0.15) is 5.78 Å². The summed E-state index contributed by atoms with van der Waals surface area (Å²) in [6, 6.07) is 0. The van der Waals surface area contributed by atoms with Gasteiger partial charge in [-0.2, -0.15) is 0 Å². The van der Waals surface area contributed by atoms with Crippen molar-refractivity contribution < 1.29 is 4.79 Å². The molecule has 0 aromatic carbocycles. The van der Waals surface area contributed by atoms with Crippen LogP contribution in [0.25, 0.3) is 0 Å². The monoisotopic (exact) mass is 225 g/mol. The van der Waals surface area contributed by atoms with E-state index >= 15 is 0 Å². The van der Waals surface area contributed by atoms with E-state index in [9.17, 15) is 4.79 Å². The van der Waals surface area contributed by atoms with Crippen molar-refractivity contribution >= 4 is 5.78 Å². The Balaban J connectivity index is 2.20. The maximum Gasteiger partial charge on any atom is 0.136 e. The zero-order valence-electron chi connectivity index (χ0n) is 11.3. The van der Waals surface area contributed by atoms with Crippen LogP contribution in [-0.4, -0.2) is 30.3 Å². The number of ketones is 1. The molecule has 1 saturated heterocycles. The fraction of sp³-hybridized carbons (Fsp3) is 0.929. The first kappa shape index (κ1) is 13.7. The van der Waals surface area contributed by atoms with Crippen molar-refractivity contribution in [2.45, 2.75) is 47.0 Å². The van der Waals surface area contributed by atoms with Gasteiger partial charge in [0.2, 0.25) is 0 Å². The molecule has 1 heterocycles. The van der Waals surface area contributed by atoms with Gasteiger partial charge in [-0.1, -0.05) is 27.7 Å². The quantitative estimate of drug-likeness (QED) is 0.717. The third kappa shape index (κ3) is 4.25. The molecule has 0 radical (unpaired) electrons. The summed E-state index contributed by atoms with van der Waals surface area (Å²) in [5.74, 6) is 2.33. The Hall–Kier alpha value is -0.370. The number of hydrogen-bond donors (Lipinski definition) is 0. The van der Waals surface area contributed by atoms with E-state index in [0.29, 0.717) is 5.78 Å². The second-order valence-electron chi connectivity index (χ2n) is 5.79. The third-order valence-corrected chi connectivity index (χ3v) is 3.89. The average Bonchev–Trinajstić information content (AvgIpc) is 2.26. The molecule has 0 saturated carbocycles. The van der Waals surface area contributed by atoms with Gasteiger partial charge in [0.15, 0.2) is 0 Å². The molecular formula is C14H27NO. The summed E-state index contributed by atoms with van der Waals surface area (Å²) >= 11 is 0. The minimum Gasteiger partial charge on any atom is -0.303 e. The van der Waals surface area contributed by atoms with Crippen molar-refractivity contribution in [3.8, 4) is 0 Å². The molecule has 0 atom stereocenters. The molecule has 1 rings (SSSR count). The zero-order chi connectivity index (χ0) is 12.1. The molecule has 2 nitrogen and oxygen atoms in total. The molecule has 0 bridgehead atoms. The van der Waals surface area contributed by atoms with Crippen LogP contribution in [0.2, 0.25) is 0 Å². The lowest BCUT2D eigenvalue weighted by Gasteiger charge is -2.33. The predicted molar refractivity (Wildman–Crippen MR) is 68.5 cm³/mol. The fourth-order valence-corrected chi connectivity index (χ4v) is 2.40. The van der Waals surface area contributed by atoms with E-state index in [0.717, 1.165) is 24.8 Å². The van der Waals surface area contributed by atoms with Crippen LogP contribution in [0.1, 0.15) is 47.0 Å². The molecule has 0 unspecified atom stereocenters. The number of nitrogens with zero attached hydrogens (tertiary/aromatic N) is 1. The second kappa shape index (κ2) is 6.39. The van der Waals surface area contributed by atoms with E-state index in [4.69, 9.17) is 0 Å². The normalized spacial score (nSPS) is 19.6. The Morgan fingerprint density at radius 2 is 1.75 bits per heavy atom. The number of carbonyl (C=O) groups is 1. The Morgan fingerprint density at radius 1 is 1.19 bits per heavy atom. The first-order valence-electron chi connectivity index (χ1n) is 6.75. The Bertz CT molecular complexity index is 215. The number of rotatable bonds is 5. The number of piperidine rings is 1. The molecule has 1 aliphatic heterocycles. The lowest BCUT2D eigenvalue weighted by molar-refractivity contribution is -0.122. The van der Waals surface area contributed by atoms with Gasteiger partial charge >= 0.3 is 0 Å². The molecule has 0 spiro atoms.